The van der Waals surface area contributed by atoms with E-state index in [1.54, 1.807) is 17.1 Å². The zero-order valence-electron chi connectivity index (χ0n) is 15.2. The van der Waals surface area contributed by atoms with E-state index in [0.29, 0.717) is 23.7 Å². The molecule has 0 unspecified atom stereocenters. The van der Waals surface area contributed by atoms with Gasteiger partial charge in [0, 0.05) is 43.9 Å². The minimum Gasteiger partial charge on any atom is -0.352 e. The van der Waals surface area contributed by atoms with Gasteiger partial charge in [0.15, 0.2) is 0 Å². The molecule has 1 fully saturated rings. The highest BCUT2D eigenvalue weighted by molar-refractivity contribution is 6.31. The number of hydrogen-bond donors (Lipinski definition) is 1. The van der Waals surface area contributed by atoms with Crippen molar-refractivity contribution in [2.45, 2.75) is 13.0 Å². The van der Waals surface area contributed by atoms with Crippen LogP contribution in [-0.4, -0.2) is 71.8 Å². The quantitative estimate of drug-likeness (QED) is 0.751. The molecule has 6 nitrogen and oxygen atoms in total. The normalized spacial score (nSPS) is 15.9. The predicted octanol–water partition coefficient (Wildman–Crippen LogP) is 1.95. The first-order valence-corrected chi connectivity index (χ1v) is 9.44. The van der Waals surface area contributed by atoms with Crippen LogP contribution in [0.4, 0.5) is 0 Å². The molecule has 1 aliphatic heterocycles. The molecule has 140 valence electrons. The second-order valence-corrected chi connectivity index (χ2v) is 7.18. The number of carbonyl (C=O) groups excluding carboxylic acids is 1. The van der Waals surface area contributed by atoms with Gasteiger partial charge in [-0.1, -0.05) is 29.8 Å². The summed E-state index contributed by atoms with van der Waals surface area (Å²) in [6.45, 7) is 6.73. The van der Waals surface area contributed by atoms with Crippen molar-refractivity contribution in [2.75, 3.05) is 46.3 Å². The molecule has 2 aromatic rings. The molecule has 1 aliphatic rings. The van der Waals surface area contributed by atoms with Crippen LogP contribution in [0.5, 0.6) is 0 Å². The Hall–Kier alpha value is -1.89. The lowest BCUT2D eigenvalue weighted by Gasteiger charge is -2.32. The van der Waals surface area contributed by atoms with Crippen LogP contribution in [0.3, 0.4) is 0 Å². The van der Waals surface area contributed by atoms with Gasteiger partial charge in [0.05, 0.1) is 18.3 Å². The number of nitrogens with one attached hydrogen (secondary N) is 1. The molecular weight excluding hydrogens is 350 g/mol. The fourth-order valence-electron chi connectivity index (χ4n) is 3.05. The number of halogens is 1. The van der Waals surface area contributed by atoms with E-state index in [1.807, 2.05) is 24.3 Å². The fourth-order valence-corrected chi connectivity index (χ4v) is 3.24. The van der Waals surface area contributed by atoms with Crippen LogP contribution in [0.1, 0.15) is 22.3 Å². The number of amides is 1. The van der Waals surface area contributed by atoms with E-state index >= 15 is 0 Å². The summed E-state index contributed by atoms with van der Waals surface area (Å²) in [5.41, 5.74) is 1.56. The molecule has 0 saturated carbocycles. The molecule has 0 bridgehead atoms. The standard InChI is InChI=1S/C19H26ClN5O/c1-23-9-11-24(12-10-23)8-4-7-21-19(26)17-13-22-25(15-17)14-16-5-2-3-6-18(16)20/h2-3,5-6,13,15H,4,7-12,14H2,1H3,(H,21,26). The van der Waals surface area contributed by atoms with Crippen molar-refractivity contribution < 1.29 is 4.79 Å². The summed E-state index contributed by atoms with van der Waals surface area (Å²) in [4.78, 5) is 17.1. The third kappa shape index (κ3) is 5.30. The first-order chi connectivity index (χ1) is 12.6. The van der Waals surface area contributed by atoms with Crippen LogP contribution >= 0.6 is 11.6 Å². The van der Waals surface area contributed by atoms with Crippen molar-refractivity contribution >= 4 is 17.5 Å². The Labute approximate surface area is 159 Å². The molecule has 1 saturated heterocycles. The summed E-state index contributed by atoms with van der Waals surface area (Å²) in [6.07, 6.45) is 4.33. The van der Waals surface area contributed by atoms with E-state index in [4.69, 9.17) is 11.6 Å². The average Bonchev–Trinajstić information content (AvgIpc) is 3.11. The maximum Gasteiger partial charge on any atom is 0.254 e. The molecule has 1 aromatic heterocycles. The van der Waals surface area contributed by atoms with Crippen LogP contribution in [0.25, 0.3) is 0 Å². The Morgan fingerprint density at radius 3 is 2.77 bits per heavy atom. The number of aromatic nitrogens is 2. The minimum absolute atomic E-state index is 0.0752. The first kappa shape index (κ1) is 18.9. The highest BCUT2D eigenvalue weighted by atomic mass is 35.5. The van der Waals surface area contributed by atoms with Crippen molar-refractivity contribution in [3.63, 3.8) is 0 Å². The van der Waals surface area contributed by atoms with Gasteiger partial charge in [0.25, 0.3) is 5.91 Å². The molecule has 2 heterocycles. The number of hydrogen-bond acceptors (Lipinski definition) is 4. The SMILES string of the molecule is CN1CCN(CCCNC(=O)c2cnn(Cc3ccccc3Cl)c2)CC1. The Kier molecular flexibility index (Phi) is 6.66. The van der Waals surface area contributed by atoms with Crippen molar-refractivity contribution in [3.05, 3.63) is 52.8 Å². The average molecular weight is 376 g/mol. The number of piperazine rings is 1. The van der Waals surface area contributed by atoms with Crippen molar-refractivity contribution in [3.8, 4) is 0 Å². The smallest absolute Gasteiger partial charge is 0.254 e. The third-order valence-electron chi connectivity index (χ3n) is 4.72. The number of benzene rings is 1. The summed E-state index contributed by atoms with van der Waals surface area (Å²) in [5, 5.41) is 7.95. The Balaban J connectivity index is 1.41. The summed E-state index contributed by atoms with van der Waals surface area (Å²) in [5.74, 6) is -0.0752. The van der Waals surface area contributed by atoms with Crippen molar-refractivity contribution in [2.24, 2.45) is 0 Å². The summed E-state index contributed by atoms with van der Waals surface area (Å²) in [7, 11) is 2.16. The third-order valence-corrected chi connectivity index (χ3v) is 5.09. The molecule has 0 atom stereocenters. The van der Waals surface area contributed by atoms with E-state index in [2.05, 4.69) is 27.3 Å². The van der Waals surface area contributed by atoms with Crippen LogP contribution in [0, 0.1) is 0 Å². The maximum absolute atomic E-state index is 12.3. The lowest BCUT2D eigenvalue weighted by Crippen LogP contribution is -2.45. The Bertz CT molecular complexity index is 724. The molecular formula is C19H26ClN5O. The van der Waals surface area contributed by atoms with E-state index in [9.17, 15) is 4.79 Å². The Morgan fingerprint density at radius 2 is 2.00 bits per heavy atom. The van der Waals surface area contributed by atoms with Gasteiger partial charge in [-0.15, -0.1) is 0 Å². The Morgan fingerprint density at radius 1 is 1.23 bits per heavy atom. The van der Waals surface area contributed by atoms with Gasteiger partial charge < -0.3 is 15.1 Å². The first-order valence-electron chi connectivity index (χ1n) is 9.07. The highest BCUT2D eigenvalue weighted by Gasteiger charge is 2.13. The number of nitrogens with zero attached hydrogens (tertiary/aromatic N) is 4. The zero-order valence-corrected chi connectivity index (χ0v) is 16.0. The van der Waals surface area contributed by atoms with Gasteiger partial charge in [0.1, 0.15) is 0 Å². The zero-order chi connectivity index (χ0) is 18.4. The van der Waals surface area contributed by atoms with E-state index in [-0.39, 0.29) is 5.91 Å². The molecule has 1 aromatic carbocycles. The second kappa shape index (κ2) is 9.16. The highest BCUT2D eigenvalue weighted by Crippen LogP contribution is 2.16. The minimum atomic E-state index is -0.0752. The van der Waals surface area contributed by atoms with Crippen molar-refractivity contribution in [1.82, 2.24) is 24.9 Å². The van der Waals surface area contributed by atoms with Gasteiger partial charge in [-0.2, -0.15) is 5.10 Å². The molecule has 0 spiro atoms. The lowest BCUT2D eigenvalue weighted by atomic mass is 10.2. The van der Waals surface area contributed by atoms with Crippen molar-refractivity contribution in [1.29, 1.82) is 0 Å². The summed E-state index contributed by atoms with van der Waals surface area (Å²) >= 11 is 6.17. The second-order valence-electron chi connectivity index (χ2n) is 6.77. The van der Waals surface area contributed by atoms with E-state index < -0.39 is 0 Å². The van der Waals surface area contributed by atoms with Gasteiger partial charge in [-0.05, 0) is 31.6 Å². The lowest BCUT2D eigenvalue weighted by molar-refractivity contribution is 0.0949. The monoisotopic (exact) mass is 375 g/mol. The van der Waals surface area contributed by atoms with Gasteiger partial charge in [-0.25, -0.2) is 0 Å². The summed E-state index contributed by atoms with van der Waals surface area (Å²) < 4.78 is 1.74. The maximum atomic E-state index is 12.3. The van der Waals surface area contributed by atoms with Gasteiger partial charge >= 0.3 is 0 Å². The molecule has 1 amide bonds. The molecule has 7 heteroatoms. The molecule has 0 radical (unpaired) electrons. The predicted molar refractivity (Wildman–Crippen MR) is 104 cm³/mol. The van der Waals surface area contributed by atoms with E-state index in [0.717, 1.165) is 44.7 Å². The molecule has 26 heavy (non-hydrogen) atoms. The molecule has 1 N–H and O–H groups in total. The summed E-state index contributed by atoms with van der Waals surface area (Å²) in [6, 6.07) is 7.66. The van der Waals surface area contributed by atoms with Crippen LogP contribution in [0.15, 0.2) is 36.7 Å². The topological polar surface area (TPSA) is 53.4 Å². The molecule has 0 aliphatic carbocycles. The molecule has 3 rings (SSSR count). The number of likely N-dealkylation sites (N-methyl/N-ethyl adjacent to an activating group) is 1. The number of rotatable bonds is 7. The van der Waals surface area contributed by atoms with E-state index in [1.165, 1.54) is 0 Å². The number of carbonyl (C=O) groups is 1. The van der Waals surface area contributed by atoms with Crippen LogP contribution in [-0.2, 0) is 6.54 Å². The van der Waals surface area contributed by atoms with Crippen LogP contribution < -0.4 is 5.32 Å². The van der Waals surface area contributed by atoms with Gasteiger partial charge in [-0.3, -0.25) is 9.48 Å². The fraction of sp³-hybridized carbons (Fsp3) is 0.474. The van der Waals surface area contributed by atoms with Gasteiger partial charge in [0.2, 0.25) is 0 Å². The van der Waals surface area contributed by atoms with Crippen LogP contribution in [0.2, 0.25) is 5.02 Å². The largest absolute Gasteiger partial charge is 0.352 e.